The Morgan fingerprint density at radius 2 is 1.37 bits per heavy atom. The van der Waals surface area contributed by atoms with E-state index in [1.165, 1.54) is 4.31 Å². The number of hydrogen-bond donors (Lipinski definition) is 1. The molecule has 0 radical (unpaired) electrons. The molecule has 0 aromatic heterocycles. The van der Waals surface area contributed by atoms with Crippen molar-refractivity contribution in [3.8, 4) is 11.1 Å². The summed E-state index contributed by atoms with van der Waals surface area (Å²) in [6.45, 7) is 0.129. The Labute approximate surface area is 222 Å². The first-order chi connectivity index (χ1) is 18.5. The number of rotatable bonds is 5. The lowest BCUT2D eigenvalue weighted by molar-refractivity contribution is -0.120. The van der Waals surface area contributed by atoms with Crippen LogP contribution in [0.25, 0.3) is 21.9 Å². The molecular formula is C32H26N2O3S. The zero-order valence-electron chi connectivity index (χ0n) is 20.6. The number of amides is 1. The fraction of sp³-hybridized carbons (Fsp3) is 0.0938. The van der Waals surface area contributed by atoms with Crippen LogP contribution in [0.1, 0.15) is 11.1 Å². The van der Waals surface area contributed by atoms with Gasteiger partial charge in [0, 0.05) is 17.8 Å². The number of anilines is 1. The molecule has 1 heterocycles. The van der Waals surface area contributed by atoms with Crippen molar-refractivity contribution in [3.63, 3.8) is 0 Å². The Morgan fingerprint density at radius 3 is 2.18 bits per heavy atom. The summed E-state index contributed by atoms with van der Waals surface area (Å²) in [5, 5.41) is 4.84. The Hall–Kier alpha value is -4.26. The van der Waals surface area contributed by atoms with Crippen molar-refractivity contribution in [1.82, 2.24) is 4.31 Å². The van der Waals surface area contributed by atoms with Crippen LogP contribution in [0.2, 0.25) is 0 Å². The Morgan fingerprint density at radius 1 is 0.711 bits per heavy atom. The van der Waals surface area contributed by atoms with Crippen molar-refractivity contribution in [2.24, 2.45) is 0 Å². The van der Waals surface area contributed by atoms with E-state index in [4.69, 9.17) is 0 Å². The van der Waals surface area contributed by atoms with Gasteiger partial charge in [0.05, 0.1) is 4.90 Å². The number of sulfonamides is 1. The van der Waals surface area contributed by atoms with Crippen LogP contribution in [-0.2, 0) is 27.8 Å². The number of nitrogens with one attached hydrogen (secondary N) is 1. The van der Waals surface area contributed by atoms with Gasteiger partial charge in [0.15, 0.2) is 0 Å². The van der Waals surface area contributed by atoms with Gasteiger partial charge in [-0.2, -0.15) is 4.31 Å². The van der Waals surface area contributed by atoms with Gasteiger partial charge in [0.2, 0.25) is 15.9 Å². The van der Waals surface area contributed by atoms with Crippen LogP contribution < -0.4 is 5.32 Å². The maximum Gasteiger partial charge on any atom is 0.244 e. The van der Waals surface area contributed by atoms with Gasteiger partial charge < -0.3 is 5.32 Å². The first-order valence-electron chi connectivity index (χ1n) is 12.5. The summed E-state index contributed by atoms with van der Waals surface area (Å²) in [4.78, 5) is 14.0. The van der Waals surface area contributed by atoms with Gasteiger partial charge in [0.25, 0.3) is 0 Å². The van der Waals surface area contributed by atoms with E-state index in [-0.39, 0.29) is 17.3 Å². The Bertz CT molecular complexity index is 1750. The van der Waals surface area contributed by atoms with Gasteiger partial charge >= 0.3 is 0 Å². The second kappa shape index (κ2) is 9.89. The van der Waals surface area contributed by atoms with Gasteiger partial charge in [-0.3, -0.25) is 4.79 Å². The molecule has 1 aliphatic rings. The molecular weight excluding hydrogens is 492 g/mol. The summed E-state index contributed by atoms with van der Waals surface area (Å²) in [6.07, 6.45) is 0.294. The Balaban J connectivity index is 1.39. The SMILES string of the molecule is O=C(Nc1ccccc1-c1ccccc1)C1Cc2ccccc2CN1S(=O)(=O)c1ccc2ccccc2c1. The van der Waals surface area contributed by atoms with Crippen LogP contribution in [-0.4, -0.2) is 24.7 Å². The van der Waals surface area contributed by atoms with Crippen molar-refractivity contribution < 1.29 is 13.2 Å². The minimum atomic E-state index is -3.97. The molecule has 5 aromatic carbocycles. The van der Waals surface area contributed by atoms with Crippen molar-refractivity contribution in [1.29, 1.82) is 0 Å². The molecule has 1 N–H and O–H groups in total. The molecule has 0 saturated heterocycles. The average Bonchev–Trinajstić information content (AvgIpc) is 2.97. The van der Waals surface area contributed by atoms with Crippen molar-refractivity contribution >= 4 is 32.4 Å². The fourth-order valence-corrected chi connectivity index (χ4v) is 6.72. The van der Waals surface area contributed by atoms with Gasteiger partial charge in [-0.15, -0.1) is 0 Å². The number of para-hydroxylation sites is 1. The summed E-state index contributed by atoms with van der Waals surface area (Å²) in [6, 6.07) is 37.0. The van der Waals surface area contributed by atoms with Crippen molar-refractivity contribution in [2.75, 3.05) is 5.32 Å². The zero-order chi connectivity index (χ0) is 26.1. The molecule has 5 nitrogen and oxygen atoms in total. The molecule has 5 aromatic rings. The van der Waals surface area contributed by atoms with E-state index in [2.05, 4.69) is 5.32 Å². The number of carbonyl (C=O) groups excluding carboxylic acids is 1. The highest BCUT2D eigenvalue weighted by molar-refractivity contribution is 7.89. The fourth-order valence-electron chi connectivity index (χ4n) is 5.12. The first kappa shape index (κ1) is 24.1. The topological polar surface area (TPSA) is 66.5 Å². The molecule has 1 amide bonds. The van der Waals surface area contributed by atoms with Gasteiger partial charge in [0.1, 0.15) is 6.04 Å². The highest BCUT2D eigenvalue weighted by atomic mass is 32.2. The van der Waals surface area contributed by atoms with Crippen LogP contribution in [0.3, 0.4) is 0 Å². The number of hydrogen-bond acceptors (Lipinski definition) is 3. The summed E-state index contributed by atoms with van der Waals surface area (Å²) in [5.74, 6) is -0.354. The van der Waals surface area contributed by atoms with E-state index in [0.29, 0.717) is 12.1 Å². The van der Waals surface area contributed by atoms with Crippen LogP contribution in [0.15, 0.2) is 126 Å². The second-order valence-corrected chi connectivity index (χ2v) is 11.3. The van der Waals surface area contributed by atoms with E-state index in [1.54, 1.807) is 12.1 Å². The van der Waals surface area contributed by atoms with Gasteiger partial charge in [-0.1, -0.05) is 103 Å². The normalized spacial score (nSPS) is 15.6. The largest absolute Gasteiger partial charge is 0.324 e. The maximum atomic E-state index is 14.0. The lowest BCUT2D eigenvalue weighted by atomic mass is 9.95. The summed E-state index contributed by atoms with van der Waals surface area (Å²) in [7, 11) is -3.97. The number of fused-ring (bicyclic) bond motifs is 2. The summed E-state index contributed by atoms with van der Waals surface area (Å²) in [5.41, 5.74) is 4.38. The molecule has 0 fully saturated rings. The minimum Gasteiger partial charge on any atom is -0.324 e. The third kappa shape index (κ3) is 4.49. The summed E-state index contributed by atoms with van der Waals surface area (Å²) >= 11 is 0. The second-order valence-electron chi connectivity index (χ2n) is 9.45. The lowest BCUT2D eigenvalue weighted by Crippen LogP contribution is -2.50. The average molecular weight is 519 g/mol. The smallest absolute Gasteiger partial charge is 0.244 e. The van der Waals surface area contributed by atoms with Crippen LogP contribution in [0, 0.1) is 0 Å². The molecule has 1 aliphatic heterocycles. The quantitative estimate of drug-likeness (QED) is 0.299. The molecule has 0 spiro atoms. The highest BCUT2D eigenvalue weighted by Gasteiger charge is 2.39. The monoisotopic (exact) mass is 518 g/mol. The summed E-state index contributed by atoms with van der Waals surface area (Å²) < 4.78 is 29.4. The third-order valence-corrected chi connectivity index (χ3v) is 8.96. The van der Waals surface area contributed by atoms with Crippen LogP contribution in [0.4, 0.5) is 5.69 Å². The van der Waals surface area contributed by atoms with Crippen LogP contribution in [0.5, 0.6) is 0 Å². The maximum absolute atomic E-state index is 14.0. The Kier molecular flexibility index (Phi) is 6.27. The van der Waals surface area contributed by atoms with Crippen molar-refractivity contribution in [3.05, 3.63) is 132 Å². The predicted octanol–water partition coefficient (Wildman–Crippen LogP) is 6.26. The number of benzene rings is 5. The third-order valence-electron chi connectivity index (χ3n) is 7.11. The van der Waals surface area contributed by atoms with E-state index in [0.717, 1.165) is 33.0 Å². The molecule has 0 saturated carbocycles. The van der Waals surface area contributed by atoms with E-state index < -0.39 is 16.1 Å². The lowest BCUT2D eigenvalue weighted by Gasteiger charge is -2.35. The number of carbonyl (C=O) groups is 1. The first-order valence-corrected chi connectivity index (χ1v) is 14.0. The predicted molar refractivity (Wildman–Crippen MR) is 151 cm³/mol. The molecule has 38 heavy (non-hydrogen) atoms. The molecule has 6 heteroatoms. The number of nitrogens with zero attached hydrogens (tertiary/aromatic N) is 1. The van der Waals surface area contributed by atoms with Gasteiger partial charge in [-0.25, -0.2) is 8.42 Å². The molecule has 1 atom stereocenters. The van der Waals surface area contributed by atoms with Crippen LogP contribution >= 0.6 is 0 Å². The molecule has 0 aliphatic carbocycles. The van der Waals surface area contributed by atoms with E-state index in [1.807, 2.05) is 109 Å². The highest BCUT2D eigenvalue weighted by Crippen LogP contribution is 2.33. The van der Waals surface area contributed by atoms with Gasteiger partial charge in [-0.05, 0) is 52.1 Å². The zero-order valence-corrected chi connectivity index (χ0v) is 21.4. The molecule has 6 rings (SSSR count). The molecule has 1 unspecified atom stereocenters. The van der Waals surface area contributed by atoms with E-state index in [9.17, 15) is 13.2 Å². The molecule has 0 bridgehead atoms. The van der Waals surface area contributed by atoms with E-state index >= 15 is 0 Å². The standard InChI is InChI=1S/C32H26N2O3S/c35-32(33-30-17-9-8-16-29(30)24-11-2-1-3-12-24)31-21-26-14-6-7-15-27(26)22-34(31)38(36,37)28-19-18-23-10-4-5-13-25(23)20-28/h1-20,31H,21-22H2,(H,33,35). The minimum absolute atomic E-state index is 0.129. The van der Waals surface area contributed by atoms with Crippen molar-refractivity contribution in [2.45, 2.75) is 23.9 Å². The molecule has 188 valence electrons.